The van der Waals surface area contributed by atoms with Crippen LogP contribution in [-0.2, 0) is 0 Å². The van der Waals surface area contributed by atoms with Crippen molar-refractivity contribution in [2.24, 2.45) is 4.99 Å². The van der Waals surface area contributed by atoms with Crippen LogP contribution >= 0.6 is 11.8 Å². The van der Waals surface area contributed by atoms with Crippen molar-refractivity contribution in [1.29, 1.82) is 0 Å². The fourth-order valence-corrected chi connectivity index (χ4v) is 1.40. The van der Waals surface area contributed by atoms with E-state index in [1.165, 1.54) is 10.5 Å². The number of aliphatic imine (C=N–C) groups is 1. The molecule has 0 bridgehead atoms. The van der Waals surface area contributed by atoms with Gasteiger partial charge in [-0.2, -0.15) is 0 Å². The van der Waals surface area contributed by atoms with E-state index >= 15 is 0 Å². The van der Waals surface area contributed by atoms with E-state index in [0.717, 1.165) is 4.91 Å². The molecule has 72 valence electrons. The summed E-state index contributed by atoms with van der Waals surface area (Å²) in [5.41, 5.74) is 1.30. The third-order valence-corrected chi connectivity index (χ3v) is 2.04. The van der Waals surface area contributed by atoms with Gasteiger partial charge in [0.1, 0.15) is 0 Å². The molecule has 0 heterocycles. The summed E-state index contributed by atoms with van der Waals surface area (Å²) in [7, 11) is 1.75. The molecule has 0 rings (SSSR count). The molecule has 0 aromatic rings. The Bertz CT molecular complexity index is 255. The van der Waals surface area contributed by atoms with Crippen molar-refractivity contribution in [3.05, 3.63) is 34.1 Å². The van der Waals surface area contributed by atoms with E-state index in [2.05, 4.69) is 44.5 Å². The van der Waals surface area contributed by atoms with Crippen molar-refractivity contribution in [1.82, 2.24) is 0 Å². The van der Waals surface area contributed by atoms with Crippen molar-refractivity contribution in [3.8, 4) is 0 Å². The summed E-state index contributed by atoms with van der Waals surface area (Å²) in [6, 6.07) is 0. The largest absolute Gasteiger partial charge is 0.295 e. The summed E-state index contributed by atoms with van der Waals surface area (Å²) < 4.78 is 0. The van der Waals surface area contributed by atoms with Gasteiger partial charge in [0.05, 0.1) is 0 Å². The molecule has 0 aliphatic heterocycles. The van der Waals surface area contributed by atoms with E-state index in [1.54, 1.807) is 25.0 Å². The van der Waals surface area contributed by atoms with E-state index in [-0.39, 0.29) is 0 Å². The van der Waals surface area contributed by atoms with E-state index in [0.29, 0.717) is 0 Å². The first-order valence-electron chi connectivity index (χ1n) is 4.17. The normalized spacial score (nSPS) is 11.8. The third-order valence-electron chi connectivity index (χ3n) is 1.22. The molecule has 0 aliphatic carbocycles. The molecule has 0 N–H and O–H groups in total. The van der Waals surface area contributed by atoms with Crippen molar-refractivity contribution in [2.45, 2.75) is 20.8 Å². The van der Waals surface area contributed by atoms with Crippen molar-refractivity contribution < 1.29 is 0 Å². The monoisotopic (exact) mass is 195 g/mol. The van der Waals surface area contributed by atoms with Crippen molar-refractivity contribution >= 4 is 18.0 Å². The molecule has 0 aromatic carbocycles. The molecule has 0 fully saturated rings. The van der Waals surface area contributed by atoms with Gasteiger partial charge in [-0.3, -0.25) is 4.99 Å². The van der Waals surface area contributed by atoms with Gasteiger partial charge in [0.25, 0.3) is 0 Å². The molecule has 2 heteroatoms. The maximum Gasteiger partial charge on any atom is 0.0342 e. The summed E-state index contributed by atoms with van der Waals surface area (Å²) in [4.78, 5) is 6.09. The first-order valence-corrected chi connectivity index (χ1v) is 4.98. The summed E-state index contributed by atoms with van der Waals surface area (Å²) in [5.74, 6) is 0. The van der Waals surface area contributed by atoms with Crippen LogP contribution in [0.5, 0.6) is 0 Å². The Kier molecular flexibility index (Phi) is 6.33. The van der Waals surface area contributed by atoms with Gasteiger partial charge < -0.3 is 0 Å². The molecule has 0 aliphatic rings. The Morgan fingerprint density at radius 3 is 2.31 bits per heavy atom. The summed E-state index contributed by atoms with van der Waals surface area (Å²) in [5, 5.41) is 0. The minimum atomic E-state index is 0.971. The van der Waals surface area contributed by atoms with Crippen LogP contribution in [0.3, 0.4) is 0 Å². The van der Waals surface area contributed by atoms with E-state index < -0.39 is 0 Å². The van der Waals surface area contributed by atoms with Crippen LogP contribution in [0, 0.1) is 0 Å². The van der Waals surface area contributed by atoms with Gasteiger partial charge in [0, 0.05) is 18.2 Å². The van der Waals surface area contributed by atoms with Crippen LogP contribution in [0.25, 0.3) is 0 Å². The zero-order valence-corrected chi connectivity index (χ0v) is 9.61. The fraction of sp³-hybridized carbons (Fsp3) is 0.364. The Morgan fingerprint density at radius 1 is 1.23 bits per heavy atom. The highest BCUT2D eigenvalue weighted by atomic mass is 32.2. The first-order chi connectivity index (χ1) is 6.06. The zero-order chi connectivity index (χ0) is 10.3. The number of nitrogens with zero attached hydrogens (tertiary/aromatic N) is 1. The lowest BCUT2D eigenvalue weighted by molar-refractivity contribution is 1.39. The highest BCUT2D eigenvalue weighted by Gasteiger charge is 1.91. The van der Waals surface area contributed by atoms with Crippen molar-refractivity contribution in [3.63, 3.8) is 0 Å². The lowest BCUT2D eigenvalue weighted by atomic mass is 10.3. The van der Waals surface area contributed by atoms with Crippen LogP contribution in [0.1, 0.15) is 20.8 Å². The number of rotatable bonds is 4. The lowest BCUT2D eigenvalue weighted by Gasteiger charge is -1.98. The molecule has 13 heavy (non-hydrogen) atoms. The maximum absolute atomic E-state index is 3.90. The minimum Gasteiger partial charge on any atom is -0.295 e. The topological polar surface area (TPSA) is 12.4 Å². The lowest BCUT2D eigenvalue weighted by Crippen LogP contribution is -1.76. The number of hydrogen-bond acceptors (Lipinski definition) is 2. The smallest absolute Gasteiger partial charge is 0.0342 e. The van der Waals surface area contributed by atoms with Crippen LogP contribution in [0.4, 0.5) is 0 Å². The second-order valence-corrected chi connectivity index (χ2v) is 4.35. The Balaban J connectivity index is 4.14. The van der Waals surface area contributed by atoms with Gasteiger partial charge in [-0.1, -0.05) is 36.1 Å². The van der Waals surface area contributed by atoms with E-state index in [1.807, 2.05) is 0 Å². The number of hydrogen-bond donors (Lipinski definition) is 0. The van der Waals surface area contributed by atoms with Gasteiger partial charge in [0.15, 0.2) is 0 Å². The fourth-order valence-electron chi connectivity index (χ4n) is 0.695. The first kappa shape index (κ1) is 12.2. The molecule has 0 atom stereocenters. The molecule has 0 saturated heterocycles. The van der Waals surface area contributed by atoms with Crippen molar-refractivity contribution in [2.75, 3.05) is 7.05 Å². The molecular weight excluding hydrogens is 178 g/mol. The molecule has 0 aromatic heterocycles. The standard InChI is InChI=1S/C11H17NS/c1-9(2)6-7-10(3)13-11(4)8-12-5/h6-8H,4H2,1-3,5H3/b10-7+,12-8-. The van der Waals surface area contributed by atoms with Gasteiger partial charge in [-0.25, -0.2) is 0 Å². The molecule has 0 radical (unpaired) electrons. The van der Waals surface area contributed by atoms with Gasteiger partial charge >= 0.3 is 0 Å². The van der Waals surface area contributed by atoms with E-state index in [4.69, 9.17) is 0 Å². The summed E-state index contributed by atoms with van der Waals surface area (Å²) in [6.45, 7) is 10.1. The second kappa shape index (κ2) is 6.72. The Morgan fingerprint density at radius 2 is 1.85 bits per heavy atom. The zero-order valence-electron chi connectivity index (χ0n) is 8.79. The predicted octanol–water partition coefficient (Wildman–Crippen LogP) is 3.80. The number of allylic oxidation sites excluding steroid dienone is 5. The predicted molar refractivity (Wildman–Crippen MR) is 64.3 cm³/mol. The van der Waals surface area contributed by atoms with Crippen LogP contribution < -0.4 is 0 Å². The molecular formula is C11H17NS. The quantitative estimate of drug-likeness (QED) is 0.491. The summed E-state index contributed by atoms with van der Waals surface area (Å²) >= 11 is 1.64. The molecule has 0 amide bonds. The summed E-state index contributed by atoms with van der Waals surface area (Å²) in [6.07, 6.45) is 5.96. The molecule has 0 unspecified atom stereocenters. The number of thioether (sulfide) groups is 1. The van der Waals surface area contributed by atoms with Crippen LogP contribution in [-0.4, -0.2) is 13.3 Å². The highest BCUT2D eigenvalue weighted by Crippen LogP contribution is 2.21. The van der Waals surface area contributed by atoms with Gasteiger partial charge in [0.2, 0.25) is 0 Å². The molecule has 0 spiro atoms. The third kappa shape index (κ3) is 7.60. The average molecular weight is 195 g/mol. The van der Waals surface area contributed by atoms with Crippen LogP contribution in [0.15, 0.2) is 39.1 Å². The average Bonchev–Trinajstić information content (AvgIpc) is 2.01. The maximum atomic E-state index is 3.90. The van der Waals surface area contributed by atoms with Gasteiger partial charge in [-0.05, 0) is 25.7 Å². The Labute approximate surface area is 85.3 Å². The van der Waals surface area contributed by atoms with E-state index in [9.17, 15) is 0 Å². The van der Waals surface area contributed by atoms with Gasteiger partial charge in [-0.15, -0.1) is 0 Å². The second-order valence-electron chi connectivity index (χ2n) is 2.98. The molecule has 1 nitrogen and oxygen atoms in total. The highest BCUT2D eigenvalue weighted by molar-refractivity contribution is 8.07. The minimum absolute atomic E-state index is 0.971. The Hall–Kier alpha value is -0.760. The molecule has 0 saturated carbocycles. The van der Waals surface area contributed by atoms with Crippen LogP contribution in [0.2, 0.25) is 0 Å². The SMILES string of the molecule is C=C(/C=N\C)S/C(C)=C/C=C(C)C.